The number of aryl methyl sites for hydroxylation is 1. The van der Waals surface area contributed by atoms with Crippen molar-refractivity contribution < 1.29 is 14.6 Å². The normalized spacial score (nSPS) is 12.2. The third-order valence-electron chi connectivity index (χ3n) is 2.67. The lowest BCUT2D eigenvalue weighted by Gasteiger charge is -2.11. The molecule has 1 unspecified atom stereocenters. The maximum Gasteiger partial charge on any atom is 0.322 e. The Bertz CT molecular complexity index is 409. The van der Waals surface area contributed by atoms with E-state index < -0.39 is 0 Å². The van der Waals surface area contributed by atoms with E-state index in [-0.39, 0.29) is 17.8 Å². The van der Waals surface area contributed by atoms with E-state index in [0.29, 0.717) is 18.0 Å². The first-order valence-electron chi connectivity index (χ1n) is 5.83. The zero-order chi connectivity index (χ0) is 13.5. The monoisotopic (exact) mass is 271 g/mol. The number of ether oxygens (including phenoxy) is 1. The smallest absolute Gasteiger partial charge is 0.322 e. The van der Waals surface area contributed by atoms with Crippen molar-refractivity contribution >= 4 is 17.6 Å². The SMILES string of the molecule is COC(=O)C(C)NCCCc1cc(Cl)ccc1O. The lowest BCUT2D eigenvalue weighted by molar-refractivity contribution is -0.142. The van der Waals surface area contributed by atoms with Gasteiger partial charge in [-0.3, -0.25) is 4.79 Å². The van der Waals surface area contributed by atoms with Crippen molar-refractivity contribution in [1.29, 1.82) is 0 Å². The lowest BCUT2D eigenvalue weighted by Crippen LogP contribution is -2.35. The molecular weight excluding hydrogens is 254 g/mol. The van der Waals surface area contributed by atoms with Gasteiger partial charge in [0.05, 0.1) is 7.11 Å². The summed E-state index contributed by atoms with van der Waals surface area (Å²) in [7, 11) is 1.37. The molecule has 5 heteroatoms. The number of phenolic OH excluding ortho intramolecular Hbond substituents is 1. The van der Waals surface area contributed by atoms with Crippen LogP contribution in [0, 0.1) is 0 Å². The van der Waals surface area contributed by atoms with Crippen LogP contribution >= 0.6 is 11.6 Å². The van der Waals surface area contributed by atoms with E-state index >= 15 is 0 Å². The Morgan fingerprint density at radius 3 is 2.94 bits per heavy atom. The molecule has 1 aromatic carbocycles. The van der Waals surface area contributed by atoms with Gasteiger partial charge in [-0.15, -0.1) is 0 Å². The Kier molecular flexibility index (Phi) is 5.95. The van der Waals surface area contributed by atoms with Crippen LogP contribution < -0.4 is 5.32 Å². The molecule has 0 aliphatic carbocycles. The van der Waals surface area contributed by atoms with Crippen LogP contribution in [-0.4, -0.2) is 30.8 Å². The van der Waals surface area contributed by atoms with Gasteiger partial charge in [0, 0.05) is 5.02 Å². The molecule has 4 nitrogen and oxygen atoms in total. The summed E-state index contributed by atoms with van der Waals surface area (Å²) in [4.78, 5) is 11.1. The summed E-state index contributed by atoms with van der Waals surface area (Å²) in [5.74, 6) is -0.0268. The largest absolute Gasteiger partial charge is 0.508 e. The van der Waals surface area contributed by atoms with Gasteiger partial charge in [0.25, 0.3) is 0 Å². The van der Waals surface area contributed by atoms with E-state index in [4.69, 9.17) is 11.6 Å². The summed E-state index contributed by atoms with van der Waals surface area (Å²) < 4.78 is 4.60. The van der Waals surface area contributed by atoms with E-state index in [1.165, 1.54) is 7.11 Å². The number of esters is 1. The number of halogens is 1. The standard InChI is InChI=1S/C13H18ClNO3/c1-9(13(17)18-2)15-7-3-4-10-8-11(14)5-6-12(10)16/h5-6,8-9,15-16H,3-4,7H2,1-2H3. The van der Waals surface area contributed by atoms with Crippen molar-refractivity contribution in [1.82, 2.24) is 5.32 Å². The lowest BCUT2D eigenvalue weighted by atomic mass is 10.1. The Hall–Kier alpha value is -1.26. The summed E-state index contributed by atoms with van der Waals surface area (Å²) >= 11 is 5.85. The summed E-state index contributed by atoms with van der Waals surface area (Å²) in [6.45, 7) is 2.42. The Morgan fingerprint density at radius 1 is 1.56 bits per heavy atom. The molecule has 0 aliphatic rings. The summed E-state index contributed by atoms with van der Waals surface area (Å²) in [5.41, 5.74) is 0.815. The number of carbonyl (C=O) groups is 1. The van der Waals surface area contributed by atoms with Gasteiger partial charge in [-0.25, -0.2) is 0 Å². The zero-order valence-electron chi connectivity index (χ0n) is 10.6. The second kappa shape index (κ2) is 7.24. The molecule has 0 amide bonds. The Balaban J connectivity index is 2.34. The fourth-order valence-corrected chi connectivity index (χ4v) is 1.81. The van der Waals surface area contributed by atoms with Crippen molar-refractivity contribution in [2.75, 3.05) is 13.7 Å². The Labute approximate surface area is 112 Å². The highest BCUT2D eigenvalue weighted by Gasteiger charge is 2.11. The molecule has 0 bridgehead atoms. The number of hydrogen-bond acceptors (Lipinski definition) is 4. The zero-order valence-corrected chi connectivity index (χ0v) is 11.3. The molecule has 1 aromatic rings. The number of benzene rings is 1. The van der Waals surface area contributed by atoms with Crippen LogP contribution in [0.5, 0.6) is 5.75 Å². The molecule has 0 aliphatic heterocycles. The van der Waals surface area contributed by atoms with Crippen molar-refractivity contribution in [3.05, 3.63) is 28.8 Å². The molecular formula is C13H18ClNO3. The van der Waals surface area contributed by atoms with E-state index in [2.05, 4.69) is 10.1 Å². The number of hydrogen-bond donors (Lipinski definition) is 2. The number of rotatable bonds is 6. The molecule has 0 aromatic heterocycles. The minimum Gasteiger partial charge on any atom is -0.508 e. The summed E-state index contributed by atoms with van der Waals surface area (Å²) in [5, 5.41) is 13.3. The molecule has 0 heterocycles. The van der Waals surface area contributed by atoms with Crippen LogP contribution in [0.25, 0.3) is 0 Å². The molecule has 1 rings (SSSR count). The number of methoxy groups -OCH3 is 1. The van der Waals surface area contributed by atoms with Crippen LogP contribution in [-0.2, 0) is 16.0 Å². The van der Waals surface area contributed by atoms with Gasteiger partial charge >= 0.3 is 5.97 Å². The summed E-state index contributed by atoms with van der Waals surface area (Å²) in [6.07, 6.45) is 1.50. The molecule has 0 spiro atoms. The number of nitrogens with one attached hydrogen (secondary N) is 1. The molecule has 0 saturated heterocycles. The second-order valence-corrected chi connectivity index (χ2v) is 4.51. The highest BCUT2D eigenvalue weighted by molar-refractivity contribution is 6.30. The van der Waals surface area contributed by atoms with Gasteiger partial charge in [0.1, 0.15) is 11.8 Å². The van der Waals surface area contributed by atoms with Gasteiger partial charge in [0.2, 0.25) is 0 Å². The summed E-state index contributed by atoms with van der Waals surface area (Å²) in [6, 6.07) is 4.67. The van der Waals surface area contributed by atoms with E-state index in [0.717, 1.165) is 12.0 Å². The first-order valence-corrected chi connectivity index (χ1v) is 6.21. The van der Waals surface area contributed by atoms with Gasteiger partial charge < -0.3 is 15.2 Å². The second-order valence-electron chi connectivity index (χ2n) is 4.08. The average Bonchev–Trinajstić information content (AvgIpc) is 2.37. The van der Waals surface area contributed by atoms with Gasteiger partial charge in [0.15, 0.2) is 0 Å². The predicted molar refractivity (Wildman–Crippen MR) is 70.9 cm³/mol. The van der Waals surface area contributed by atoms with Crippen LogP contribution in [0.1, 0.15) is 18.9 Å². The van der Waals surface area contributed by atoms with Crippen molar-refractivity contribution in [3.8, 4) is 5.75 Å². The molecule has 1 atom stereocenters. The third kappa shape index (κ3) is 4.55. The molecule has 0 saturated carbocycles. The minimum absolute atomic E-state index is 0.250. The van der Waals surface area contributed by atoms with Gasteiger partial charge in [-0.05, 0) is 50.1 Å². The maximum atomic E-state index is 11.1. The van der Waals surface area contributed by atoms with E-state index in [1.807, 2.05) is 0 Å². The average molecular weight is 272 g/mol. The van der Waals surface area contributed by atoms with Crippen LogP contribution in [0.2, 0.25) is 5.02 Å². The van der Waals surface area contributed by atoms with Crippen molar-refractivity contribution in [2.24, 2.45) is 0 Å². The fraction of sp³-hybridized carbons (Fsp3) is 0.462. The van der Waals surface area contributed by atoms with E-state index in [9.17, 15) is 9.90 Å². The Morgan fingerprint density at radius 2 is 2.28 bits per heavy atom. The highest BCUT2D eigenvalue weighted by Crippen LogP contribution is 2.22. The predicted octanol–water partition coefficient (Wildman–Crippen LogP) is 2.13. The molecule has 2 N–H and O–H groups in total. The fourth-order valence-electron chi connectivity index (χ4n) is 1.61. The maximum absolute atomic E-state index is 11.1. The van der Waals surface area contributed by atoms with Crippen LogP contribution in [0.3, 0.4) is 0 Å². The first-order chi connectivity index (χ1) is 8.54. The van der Waals surface area contributed by atoms with Crippen molar-refractivity contribution in [2.45, 2.75) is 25.8 Å². The number of aromatic hydroxyl groups is 1. The topological polar surface area (TPSA) is 58.6 Å². The molecule has 0 fully saturated rings. The minimum atomic E-state index is -0.317. The molecule has 0 radical (unpaired) electrons. The first kappa shape index (κ1) is 14.8. The van der Waals surface area contributed by atoms with Gasteiger partial charge in [-0.2, -0.15) is 0 Å². The quantitative estimate of drug-likeness (QED) is 0.615. The number of carbonyl (C=O) groups excluding carboxylic acids is 1. The number of phenols is 1. The highest BCUT2D eigenvalue weighted by atomic mass is 35.5. The van der Waals surface area contributed by atoms with Crippen molar-refractivity contribution in [3.63, 3.8) is 0 Å². The van der Waals surface area contributed by atoms with Crippen LogP contribution in [0.15, 0.2) is 18.2 Å². The van der Waals surface area contributed by atoms with Crippen LogP contribution in [0.4, 0.5) is 0 Å². The molecule has 18 heavy (non-hydrogen) atoms. The van der Waals surface area contributed by atoms with Gasteiger partial charge in [-0.1, -0.05) is 11.6 Å². The molecule has 100 valence electrons. The van der Waals surface area contributed by atoms with E-state index in [1.54, 1.807) is 25.1 Å². The third-order valence-corrected chi connectivity index (χ3v) is 2.90.